The lowest BCUT2D eigenvalue weighted by molar-refractivity contribution is 0.886. The predicted octanol–water partition coefficient (Wildman–Crippen LogP) is 4.18. The normalized spacial score (nSPS) is 16.0. The molecule has 0 radical (unpaired) electrons. The van der Waals surface area contributed by atoms with Crippen LogP contribution in [-0.4, -0.2) is 15.2 Å². The van der Waals surface area contributed by atoms with Crippen molar-refractivity contribution >= 4 is 11.8 Å². The van der Waals surface area contributed by atoms with E-state index < -0.39 is 0 Å². The largest absolute Gasteiger partial charge is 0.237 e. The molecule has 0 spiro atoms. The minimum absolute atomic E-state index is 0.753. The number of thioether (sulfide) groups is 1. The van der Waals surface area contributed by atoms with Crippen molar-refractivity contribution in [1.82, 2.24) is 9.97 Å². The first-order valence-electron chi connectivity index (χ1n) is 6.47. The van der Waals surface area contributed by atoms with E-state index >= 15 is 0 Å². The average molecular weight is 256 g/mol. The second kappa shape index (κ2) is 5.53. The standard InChI is InChI=1S/C15H16N2S/c1-2-6-12(7-3-1)15-16-11-10-14(17-15)18-13-8-4-5-9-13/h1-3,6-7,10-11,13H,4-5,8-9H2. The third kappa shape index (κ3) is 2.72. The Balaban J connectivity index is 1.80. The van der Waals surface area contributed by atoms with E-state index in [4.69, 9.17) is 0 Å². The van der Waals surface area contributed by atoms with Crippen LogP contribution >= 0.6 is 11.8 Å². The van der Waals surface area contributed by atoms with Gasteiger partial charge in [0.05, 0.1) is 0 Å². The van der Waals surface area contributed by atoms with Crippen LogP contribution in [0.5, 0.6) is 0 Å². The lowest BCUT2D eigenvalue weighted by Gasteiger charge is -2.08. The molecule has 1 fully saturated rings. The minimum Gasteiger partial charge on any atom is -0.237 e. The van der Waals surface area contributed by atoms with Gasteiger partial charge >= 0.3 is 0 Å². The van der Waals surface area contributed by atoms with Crippen molar-refractivity contribution in [3.05, 3.63) is 42.6 Å². The summed E-state index contributed by atoms with van der Waals surface area (Å²) in [6.07, 6.45) is 7.26. The molecule has 0 saturated heterocycles. The van der Waals surface area contributed by atoms with Crippen molar-refractivity contribution < 1.29 is 0 Å². The van der Waals surface area contributed by atoms with E-state index in [0.717, 1.165) is 21.7 Å². The van der Waals surface area contributed by atoms with E-state index in [0.29, 0.717) is 0 Å². The summed E-state index contributed by atoms with van der Waals surface area (Å²) in [5.41, 5.74) is 1.09. The number of rotatable bonds is 3. The molecule has 92 valence electrons. The van der Waals surface area contributed by atoms with Crippen molar-refractivity contribution in [2.45, 2.75) is 36.0 Å². The molecular weight excluding hydrogens is 240 g/mol. The first-order valence-corrected chi connectivity index (χ1v) is 7.35. The highest BCUT2D eigenvalue weighted by Crippen LogP contribution is 2.34. The number of hydrogen-bond acceptors (Lipinski definition) is 3. The van der Waals surface area contributed by atoms with E-state index in [2.05, 4.69) is 22.1 Å². The molecule has 0 amide bonds. The number of aromatic nitrogens is 2. The smallest absolute Gasteiger partial charge is 0.160 e. The monoisotopic (exact) mass is 256 g/mol. The number of nitrogens with zero attached hydrogens (tertiary/aromatic N) is 2. The highest BCUT2D eigenvalue weighted by Gasteiger charge is 2.17. The zero-order valence-electron chi connectivity index (χ0n) is 10.2. The molecule has 1 aliphatic carbocycles. The fourth-order valence-electron chi connectivity index (χ4n) is 2.31. The molecule has 0 bridgehead atoms. The van der Waals surface area contributed by atoms with E-state index in [9.17, 15) is 0 Å². The van der Waals surface area contributed by atoms with Crippen molar-refractivity contribution in [1.29, 1.82) is 0 Å². The number of benzene rings is 1. The number of hydrogen-bond donors (Lipinski definition) is 0. The maximum atomic E-state index is 4.66. The van der Waals surface area contributed by atoms with Crippen LogP contribution in [0.1, 0.15) is 25.7 Å². The Hall–Kier alpha value is -1.35. The van der Waals surface area contributed by atoms with Crippen LogP contribution < -0.4 is 0 Å². The first kappa shape index (κ1) is 11.7. The topological polar surface area (TPSA) is 25.8 Å². The molecule has 1 aromatic carbocycles. The molecule has 3 heteroatoms. The Morgan fingerprint density at radius 1 is 1.00 bits per heavy atom. The van der Waals surface area contributed by atoms with Crippen molar-refractivity contribution in [3.63, 3.8) is 0 Å². The van der Waals surface area contributed by atoms with Gasteiger partial charge in [0.1, 0.15) is 5.03 Å². The molecule has 2 aromatic rings. The first-order chi connectivity index (χ1) is 8.92. The van der Waals surface area contributed by atoms with Gasteiger partial charge in [-0.15, -0.1) is 11.8 Å². The van der Waals surface area contributed by atoms with Crippen molar-refractivity contribution in [2.75, 3.05) is 0 Å². The van der Waals surface area contributed by atoms with Gasteiger partial charge in [-0.2, -0.15) is 0 Å². The second-order valence-electron chi connectivity index (χ2n) is 4.61. The van der Waals surface area contributed by atoms with E-state index in [1.807, 2.05) is 42.2 Å². The molecule has 0 atom stereocenters. The molecule has 0 N–H and O–H groups in total. The molecule has 2 nitrogen and oxygen atoms in total. The summed E-state index contributed by atoms with van der Waals surface area (Å²) in [5, 5.41) is 1.86. The Kier molecular flexibility index (Phi) is 3.60. The van der Waals surface area contributed by atoms with Gasteiger partial charge in [0, 0.05) is 17.0 Å². The minimum atomic E-state index is 0.753. The Labute approximate surface area is 112 Å². The van der Waals surface area contributed by atoms with Crippen LogP contribution in [0.2, 0.25) is 0 Å². The third-order valence-corrected chi connectivity index (χ3v) is 4.53. The summed E-state index contributed by atoms with van der Waals surface area (Å²) in [6, 6.07) is 12.2. The molecule has 0 aliphatic heterocycles. The summed E-state index contributed by atoms with van der Waals surface area (Å²) in [5.74, 6) is 0.832. The Morgan fingerprint density at radius 2 is 1.78 bits per heavy atom. The van der Waals surface area contributed by atoms with E-state index in [1.54, 1.807) is 0 Å². The second-order valence-corrected chi connectivity index (χ2v) is 5.93. The van der Waals surface area contributed by atoms with Gasteiger partial charge in [0.2, 0.25) is 0 Å². The fourth-order valence-corrected chi connectivity index (χ4v) is 3.50. The van der Waals surface area contributed by atoms with Gasteiger partial charge < -0.3 is 0 Å². The highest BCUT2D eigenvalue weighted by atomic mass is 32.2. The van der Waals surface area contributed by atoms with Crippen LogP contribution in [0, 0.1) is 0 Å². The molecule has 1 aliphatic rings. The van der Waals surface area contributed by atoms with Gasteiger partial charge in [0.25, 0.3) is 0 Å². The van der Waals surface area contributed by atoms with Gasteiger partial charge in [-0.1, -0.05) is 43.2 Å². The molecular formula is C15H16N2S. The van der Waals surface area contributed by atoms with Crippen LogP contribution in [0.4, 0.5) is 0 Å². The summed E-state index contributed by atoms with van der Waals surface area (Å²) >= 11 is 1.91. The quantitative estimate of drug-likeness (QED) is 0.770. The van der Waals surface area contributed by atoms with Crippen LogP contribution in [0.3, 0.4) is 0 Å². The zero-order valence-corrected chi connectivity index (χ0v) is 11.1. The molecule has 0 unspecified atom stereocenters. The predicted molar refractivity (Wildman–Crippen MR) is 75.6 cm³/mol. The molecule has 18 heavy (non-hydrogen) atoms. The Morgan fingerprint density at radius 3 is 2.56 bits per heavy atom. The molecule has 1 aromatic heterocycles. The highest BCUT2D eigenvalue weighted by molar-refractivity contribution is 7.99. The molecule has 3 rings (SSSR count). The third-order valence-electron chi connectivity index (χ3n) is 3.25. The summed E-state index contributed by atoms with van der Waals surface area (Å²) < 4.78 is 0. The average Bonchev–Trinajstić information content (AvgIpc) is 2.93. The van der Waals surface area contributed by atoms with E-state index in [-0.39, 0.29) is 0 Å². The van der Waals surface area contributed by atoms with Crippen LogP contribution in [0.15, 0.2) is 47.6 Å². The summed E-state index contributed by atoms with van der Waals surface area (Å²) in [4.78, 5) is 9.02. The maximum Gasteiger partial charge on any atom is 0.160 e. The maximum absolute atomic E-state index is 4.66. The van der Waals surface area contributed by atoms with Gasteiger partial charge in [-0.25, -0.2) is 9.97 Å². The summed E-state index contributed by atoms with van der Waals surface area (Å²) in [6.45, 7) is 0. The zero-order chi connectivity index (χ0) is 12.2. The van der Waals surface area contributed by atoms with Crippen LogP contribution in [0.25, 0.3) is 11.4 Å². The van der Waals surface area contributed by atoms with E-state index in [1.165, 1.54) is 25.7 Å². The lowest BCUT2D eigenvalue weighted by atomic mass is 10.2. The molecule has 1 heterocycles. The molecule has 1 saturated carbocycles. The van der Waals surface area contributed by atoms with Gasteiger partial charge in [0.15, 0.2) is 5.82 Å². The van der Waals surface area contributed by atoms with Gasteiger partial charge in [-0.05, 0) is 18.9 Å². The fraction of sp³-hybridized carbons (Fsp3) is 0.333. The van der Waals surface area contributed by atoms with Gasteiger partial charge in [-0.3, -0.25) is 0 Å². The Bertz CT molecular complexity index is 507. The lowest BCUT2D eigenvalue weighted by Crippen LogP contribution is -1.96. The summed E-state index contributed by atoms with van der Waals surface area (Å²) in [7, 11) is 0. The van der Waals surface area contributed by atoms with Crippen molar-refractivity contribution in [3.8, 4) is 11.4 Å². The van der Waals surface area contributed by atoms with Crippen LogP contribution in [-0.2, 0) is 0 Å². The van der Waals surface area contributed by atoms with Crippen molar-refractivity contribution in [2.24, 2.45) is 0 Å². The SMILES string of the molecule is c1ccc(-c2nccc(SC3CCCC3)n2)cc1.